The summed E-state index contributed by atoms with van der Waals surface area (Å²) < 4.78 is 0. The van der Waals surface area contributed by atoms with Gasteiger partial charge in [-0.25, -0.2) is 0 Å². The lowest BCUT2D eigenvalue weighted by Crippen LogP contribution is -2.40. The molecule has 1 aliphatic heterocycles. The molecule has 2 heterocycles. The van der Waals surface area contributed by atoms with Crippen LogP contribution in [0.3, 0.4) is 0 Å². The molecule has 4 heteroatoms. The number of nitrogens with zero attached hydrogens (tertiary/aromatic N) is 2. The number of rotatable bonds is 3. The minimum atomic E-state index is 0.0527. The third-order valence-electron chi connectivity index (χ3n) is 4.52. The van der Waals surface area contributed by atoms with Gasteiger partial charge in [0.25, 0.3) is 5.91 Å². The Labute approximate surface area is 139 Å². The van der Waals surface area contributed by atoms with Gasteiger partial charge in [-0.2, -0.15) is 0 Å². The smallest absolute Gasteiger partial charge is 0.255 e. The van der Waals surface area contributed by atoms with Crippen LogP contribution in [0.1, 0.15) is 57.3 Å². The number of piperidine rings is 1. The van der Waals surface area contributed by atoms with Gasteiger partial charge in [0, 0.05) is 25.5 Å². The monoisotopic (exact) mass is 322 g/mol. The van der Waals surface area contributed by atoms with Crippen molar-refractivity contribution >= 4 is 17.5 Å². The zero-order valence-corrected chi connectivity index (χ0v) is 14.9. The highest BCUT2D eigenvalue weighted by molar-refractivity contribution is 6.30. The summed E-state index contributed by atoms with van der Waals surface area (Å²) in [4.78, 5) is 18.4. The van der Waals surface area contributed by atoms with Gasteiger partial charge in [0.2, 0.25) is 0 Å². The summed E-state index contributed by atoms with van der Waals surface area (Å²) in [7, 11) is 0. The normalized spacial score (nSPS) is 18.3. The highest BCUT2D eigenvalue weighted by Gasteiger charge is 2.29. The number of pyridine rings is 1. The maximum atomic E-state index is 12.5. The van der Waals surface area contributed by atoms with Crippen molar-refractivity contribution in [3.05, 3.63) is 29.0 Å². The molecule has 0 bridgehead atoms. The molecule has 0 radical (unpaired) electrons. The molecule has 122 valence electrons. The Morgan fingerprint density at radius 1 is 1.36 bits per heavy atom. The van der Waals surface area contributed by atoms with E-state index in [-0.39, 0.29) is 5.91 Å². The fourth-order valence-corrected chi connectivity index (χ4v) is 3.69. The Kier molecular flexibility index (Phi) is 5.49. The number of carbonyl (C=O) groups is 1. The van der Waals surface area contributed by atoms with Gasteiger partial charge in [-0.05, 0) is 42.6 Å². The maximum Gasteiger partial charge on any atom is 0.255 e. The first-order chi connectivity index (χ1) is 10.3. The van der Waals surface area contributed by atoms with Crippen LogP contribution in [0.4, 0.5) is 0 Å². The molecule has 1 saturated heterocycles. The van der Waals surface area contributed by atoms with E-state index in [9.17, 15) is 4.79 Å². The molecular weight excluding hydrogens is 296 g/mol. The highest BCUT2D eigenvalue weighted by Crippen LogP contribution is 2.34. The summed E-state index contributed by atoms with van der Waals surface area (Å²) in [6.07, 6.45) is 6.58. The number of hydrogen-bond acceptors (Lipinski definition) is 2. The molecule has 2 rings (SSSR count). The molecule has 0 aliphatic carbocycles. The molecule has 22 heavy (non-hydrogen) atoms. The van der Waals surface area contributed by atoms with Gasteiger partial charge >= 0.3 is 0 Å². The van der Waals surface area contributed by atoms with Gasteiger partial charge < -0.3 is 4.90 Å². The van der Waals surface area contributed by atoms with Crippen molar-refractivity contribution in [1.29, 1.82) is 0 Å². The first-order valence-corrected chi connectivity index (χ1v) is 8.54. The van der Waals surface area contributed by atoms with Crippen LogP contribution in [-0.2, 0) is 0 Å². The van der Waals surface area contributed by atoms with E-state index >= 15 is 0 Å². The summed E-state index contributed by atoms with van der Waals surface area (Å²) >= 11 is 5.92. The Morgan fingerprint density at radius 2 is 2.00 bits per heavy atom. The van der Waals surface area contributed by atoms with Crippen LogP contribution >= 0.6 is 11.6 Å². The van der Waals surface area contributed by atoms with E-state index in [2.05, 4.69) is 32.7 Å². The molecule has 1 aliphatic rings. The Morgan fingerprint density at radius 3 is 2.55 bits per heavy atom. The quantitative estimate of drug-likeness (QED) is 0.811. The first kappa shape index (κ1) is 17.3. The van der Waals surface area contributed by atoms with Gasteiger partial charge in [0.15, 0.2) is 0 Å². The van der Waals surface area contributed by atoms with Crippen LogP contribution in [0.2, 0.25) is 5.02 Å². The second kappa shape index (κ2) is 6.99. The molecule has 0 saturated carbocycles. The van der Waals surface area contributed by atoms with Crippen LogP contribution in [0.15, 0.2) is 18.5 Å². The number of amides is 1. The molecule has 1 atom stereocenters. The summed E-state index contributed by atoms with van der Waals surface area (Å²) in [5, 5.41) is 0.513. The van der Waals surface area contributed by atoms with E-state index in [1.807, 2.05) is 4.90 Å². The minimum absolute atomic E-state index is 0.0527. The number of carbonyl (C=O) groups excluding carboxylic acids is 1. The van der Waals surface area contributed by atoms with Gasteiger partial charge in [-0.3, -0.25) is 9.78 Å². The largest absolute Gasteiger partial charge is 0.339 e. The van der Waals surface area contributed by atoms with Crippen molar-refractivity contribution < 1.29 is 4.79 Å². The zero-order valence-electron chi connectivity index (χ0n) is 14.1. The zero-order chi connectivity index (χ0) is 16.3. The van der Waals surface area contributed by atoms with E-state index in [1.165, 1.54) is 6.42 Å². The first-order valence-electron chi connectivity index (χ1n) is 8.16. The minimum Gasteiger partial charge on any atom is -0.339 e. The van der Waals surface area contributed by atoms with Crippen molar-refractivity contribution in [1.82, 2.24) is 9.88 Å². The predicted octanol–water partition coefficient (Wildman–Crippen LogP) is 4.66. The van der Waals surface area contributed by atoms with E-state index in [4.69, 9.17) is 11.6 Å². The molecule has 0 aromatic carbocycles. The maximum absolute atomic E-state index is 12.5. The summed E-state index contributed by atoms with van der Waals surface area (Å²) in [5.74, 6) is 1.49. The van der Waals surface area contributed by atoms with Crippen molar-refractivity contribution in [2.24, 2.45) is 17.3 Å². The van der Waals surface area contributed by atoms with Gasteiger partial charge in [-0.1, -0.05) is 39.3 Å². The van der Waals surface area contributed by atoms with E-state index in [1.54, 1.807) is 18.5 Å². The molecule has 1 aromatic heterocycles. The SMILES string of the molecule is CC(CC(C)(C)C)C1CCN(C(=O)c2cncc(Cl)c2)CC1. The number of likely N-dealkylation sites (tertiary alicyclic amines) is 1. The van der Waals surface area contributed by atoms with E-state index in [0.717, 1.165) is 31.8 Å². The molecule has 0 spiro atoms. The highest BCUT2D eigenvalue weighted by atomic mass is 35.5. The fraction of sp³-hybridized carbons (Fsp3) is 0.667. The Hall–Kier alpha value is -1.09. The van der Waals surface area contributed by atoms with Crippen LogP contribution < -0.4 is 0 Å². The molecule has 0 N–H and O–H groups in total. The fourth-order valence-electron chi connectivity index (χ4n) is 3.52. The number of hydrogen-bond donors (Lipinski definition) is 0. The van der Waals surface area contributed by atoms with Gasteiger partial charge in [0.05, 0.1) is 10.6 Å². The van der Waals surface area contributed by atoms with Gasteiger partial charge in [0.1, 0.15) is 0 Å². The predicted molar refractivity (Wildman–Crippen MR) is 91.1 cm³/mol. The molecule has 1 unspecified atom stereocenters. The van der Waals surface area contributed by atoms with E-state index < -0.39 is 0 Å². The third kappa shape index (κ3) is 4.70. The van der Waals surface area contributed by atoms with Crippen LogP contribution in [0.5, 0.6) is 0 Å². The second-order valence-electron chi connectivity index (χ2n) is 7.76. The average Bonchev–Trinajstić information content (AvgIpc) is 2.45. The molecule has 3 nitrogen and oxygen atoms in total. The van der Waals surface area contributed by atoms with Crippen LogP contribution in [-0.4, -0.2) is 28.9 Å². The van der Waals surface area contributed by atoms with Crippen molar-refractivity contribution in [3.63, 3.8) is 0 Å². The standard InChI is InChI=1S/C18H27ClN2O/c1-13(10-18(2,3)4)14-5-7-21(8-6-14)17(22)15-9-16(19)12-20-11-15/h9,11-14H,5-8,10H2,1-4H3. The van der Waals surface area contributed by atoms with Crippen LogP contribution in [0, 0.1) is 17.3 Å². The van der Waals surface area contributed by atoms with Crippen molar-refractivity contribution in [2.45, 2.75) is 47.0 Å². The summed E-state index contributed by atoms with van der Waals surface area (Å²) in [6, 6.07) is 1.70. The molecule has 1 aromatic rings. The van der Waals surface area contributed by atoms with Crippen molar-refractivity contribution in [2.75, 3.05) is 13.1 Å². The van der Waals surface area contributed by atoms with E-state index in [0.29, 0.717) is 21.9 Å². The Balaban J connectivity index is 1.90. The third-order valence-corrected chi connectivity index (χ3v) is 4.72. The molecular formula is C18H27ClN2O. The summed E-state index contributed by atoms with van der Waals surface area (Å²) in [5.41, 5.74) is 0.965. The lowest BCUT2D eigenvalue weighted by molar-refractivity contribution is 0.0644. The Bertz CT molecular complexity index is 516. The second-order valence-corrected chi connectivity index (χ2v) is 8.20. The summed E-state index contributed by atoms with van der Waals surface area (Å²) in [6.45, 7) is 10.9. The number of aromatic nitrogens is 1. The molecule has 1 fully saturated rings. The lowest BCUT2D eigenvalue weighted by atomic mass is 9.76. The van der Waals surface area contributed by atoms with Crippen molar-refractivity contribution in [3.8, 4) is 0 Å². The lowest BCUT2D eigenvalue weighted by Gasteiger charge is -2.37. The topological polar surface area (TPSA) is 33.2 Å². The van der Waals surface area contributed by atoms with Gasteiger partial charge in [-0.15, -0.1) is 0 Å². The average molecular weight is 323 g/mol. The molecule has 1 amide bonds. The number of halogens is 1. The van der Waals surface area contributed by atoms with Crippen LogP contribution in [0.25, 0.3) is 0 Å².